The van der Waals surface area contributed by atoms with Gasteiger partial charge in [0.15, 0.2) is 57.4 Å². The van der Waals surface area contributed by atoms with Crippen molar-refractivity contribution >= 4 is 58.2 Å². The Balaban J connectivity index is 0.978. The molecule has 490 valence electrons. The molecule has 2 aromatic heterocycles. The van der Waals surface area contributed by atoms with Crippen molar-refractivity contribution in [3.05, 3.63) is 82.4 Å². The number of carbonyl (C=O) groups is 6. The minimum absolute atomic E-state index is 0.0176. The van der Waals surface area contributed by atoms with Gasteiger partial charge in [0, 0.05) is 6.42 Å². The highest BCUT2D eigenvalue weighted by Gasteiger charge is 2.68. The van der Waals surface area contributed by atoms with Gasteiger partial charge in [0.05, 0.1) is 55.1 Å². The molecule has 0 spiro atoms. The van der Waals surface area contributed by atoms with Crippen LogP contribution in [0.5, 0.6) is 57.5 Å². The van der Waals surface area contributed by atoms with Crippen LogP contribution < -0.4 is 40.5 Å². The summed E-state index contributed by atoms with van der Waals surface area (Å²) >= 11 is 0. The summed E-state index contributed by atoms with van der Waals surface area (Å²) in [7, 11) is 1.26. The number of hydrogen-bond donors (Lipinski definition) is 26. The summed E-state index contributed by atoms with van der Waals surface area (Å²) in [6.45, 7) is -2.89. The van der Waals surface area contributed by atoms with Crippen molar-refractivity contribution in [1.29, 1.82) is 0 Å². The number of aromatic nitrogens is 4. The molecule has 1 atom stereocenters. The molecule has 0 aliphatic carbocycles. The van der Waals surface area contributed by atoms with E-state index in [1.54, 1.807) is 0 Å². The van der Waals surface area contributed by atoms with E-state index in [1.165, 1.54) is 31.4 Å². The number of aliphatic hydroxyl groups is 16. The molecule has 2 saturated heterocycles. The molecule has 0 saturated carbocycles. The van der Waals surface area contributed by atoms with E-state index in [-0.39, 0.29) is 16.3 Å². The Kier molecular flexibility index (Phi) is 14.2. The molecule has 0 radical (unpaired) electrons. The number of β-amino-alcohol motifs (C(OH)–C–C–N with tert-alkyl or cyclic N) is 2. The van der Waals surface area contributed by atoms with Gasteiger partial charge in [0.1, 0.15) is 45.6 Å². The number of methoxy groups -OCH3 is 1. The molecule has 6 amide bonds. The maximum Gasteiger partial charge on any atom is 0.315 e. The standard InChI is InChI=1S/C50H48N10O32/c1-91-17-6-2-15(3-7-17)59-24-20(22(53-59)38(51)70)47(83,84)50(89,90)57(41(24)73)28-34(66)36(68)29(37(69)35(28)67)58-42(74)43(75,76)10-14(48(58,85)86)12-92-18-8-4-16(5-9-18)60-25-21(23(54-60)39(52)71)46(81,82)49(87,88)56(40(25)72)27-32(64)30(62)26(31(63)33(27)65)55-13-45(79,80)44(77,78)11-19(55)61/h2-9,14,62-69,75-90H,10-13H2,1H3,(H2,51,70)(H2,52,71). The quantitative estimate of drug-likeness (QED) is 0.0307. The van der Waals surface area contributed by atoms with Crippen LogP contribution in [0.1, 0.15) is 65.9 Å². The number of fused-ring (bicyclic) bond motifs is 2. The third-order valence-electron chi connectivity index (χ3n) is 15.5. The van der Waals surface area contributed by atoms with Gasteiger partial charge < -0.3 is 143 Å². The van der Waals surface area contributed by atoms with Gasteiger partial charge in [-0.2, -0.15) is 10.2 Å². The van der Waals surface area contributed by atoms with Crippen molar-refractivity contribution in [3.8, 4) is 68.9 Å². The zero-order valence-corrected chi connectivity index (χ0v) is 45.8. The number of benzene rings is 4. The summed E-state index contributed by atoms with van der Waals surface area (Å²) in [5.41, 5.74) is -4.99. The zero-order chi connectivity index (χ0) is 68.5. The van der Waals surface area contributed by atoms with Gasteiger partial charge in [-0.05, 0) is 48.5 Å². The van der Waals surface area contributed by atoms with E-state index in [0.29, 0.717) is 9.36 Å². The van der Waals surface area contributed by atoms with Crippen LogP contribution in [0.4, 0.5) is 22.7 Å². The summed E-state index contributed by atoms with van der Waals surface area (Å²) in [4.78, 5) is 79.0. The largest absolute Gasteiger partial charge is 0.503 e. The van der Waals surface area contributed by atoms with Crippen molar-refractivity contribution in [2.45, 2.75) is 59.5 Å². The van der Waals surface area contributed by atoms with Crippen LogP contribution in [0.3, 0.4) is 0 Å². The molecule has 4 aliphatic rings. The van der Waals surface area contributed by atoms with Crippen LogP contribution in [0, 0.1) is 5.92 Å². The molecule has 4 aliphatic heterocycles. The highest BCUT2D eigenvalue weighted by molar-refractivity contribution is 6.15. The van der Waals surface area contributed by atoms with Crippen molar-refractivity contribution in [2.75, 3.05) is 39.9 Å². The first kappa shape index (κ1) is 64.5. The number of aromatic hydroxyl groups is 8. The summed E-state index contributed by atoms with van der Waals surface area (Å²) in [5.74, 6) is -62.9. The number of primary amides is 2. The number of anilines is 4. The van der Waals surface area contributed by atoms with E-state index in [1.807, 2.05) is 0 Å². The Morgan fingerprint density at radius 2 is 0.880 bits per heavy atom. The summed E-state index contributed by atoms with van der Waals surface area (Å²) in [6, 6.07) is 8.35. The van der Waals surface area contributed by atoms with Crippen molar-refractivity contribution < 1.29 is 161 Å². The third kappa shape index (κ3) is 8.75. The predicted octanol–water partition coefficient (Wildman–Crippen LogP) is -9.37. The number of hydrogen-bond acceptors (Lipinski definition) is 34. The molecule has 6 aromatic rings. The first-order valence-corrected chi connectivity index (χ1v) is 25.5. The van der Waals surface area contributed by atoms with Crippen LogP contribution in [0.2, 0.25) is 0 Å². The maximum absolute atomic E-state index is 14.6. The summed E-state index contributed by atoms with van der Waals surface area (Å²) in [6.07, 6.45) is -3.06. The fourth-order valence-corrected chi connectivity index (χ4v) is 10.7. The maximum atomic E-state index is 14.6. The number of phenolic OH excluding ortho intramolecular Hbond substituents is 8. The molecule has 28 N–H and O–H groups in total. The van der Waals surface area contributed by atoms with E-state index in [0.717, 1.165) is 24.3 Å². The first-order valence-electron chi connectivity index (χ1n) is 25.5. The number of nitrogens with zero attached hydrogens (tertiary/aromatic N) is 8. The van der Waals surface area contributed by atoms with Crippen LogP contribution >= 0.6 is 0 Å². The van der Waals surface area contributed by atoms with Gasteiger partial charge in [-0.3, -0.25) is 33.7 Å². The molecule has 1 unspecified atom stereocenters. The Labute approximate surface area is 505 Å². The average molecular weight is 1300 g/mol. The fourth-order valence-electron chi connectivity index (χ4n) is 10.7. The Morgan fingerprint density at radius 1 is 0.522 bits per heavy atom. The predicted molar refractivity (Wildman–Crippen MR) is 284 cm³/mol. The highest BCUT2D eigenvalue weighted by Crippen LogP contribution is 2.62. The molecule has 42 nitrogen and oxygen atoms in total. The van der Waals surface area contributed by atoms with E-state index in [4.69, 9.17) is 20.9 Å². The van der Waals surface area contributed by atoms with Crippen molar-refractivity contribution in [1.82, 2.24) is 19.6 Å². The van der Waals surface area contributed by atoms with E-state index >= 15 is 0 Å². The lowest BCUT2D eigenvalue weighted by molar-refractivity contribution is -0.364. The number of nitrogens with two attached hydrogens (primary N) is 2. The number of amides is 6. The van der Waals surface area contributed by atoms with E-state index in [9.17, 15) is 151 Å². The molecule has 6 heterocycles. The first-order chi connectivity index (χ1) is 42.3. The van der Waals surface area contributed by atoms with Gasteiger partial charge in [-0.1, -0.05) is 0 Å². The number of piperidine rings is 2. The lowest BCUT2D eigenvalue weighted by atomic mass is 9.88. The molecule has 92 heavy (non-hydrogen) atoms. The van der Waals surface area contributed by atoms with Crippen LogP contribution in [-0.4, -0.2) is 233 Å². The van der Waals surface area contributed by atoms with Crippen molar-refractivity contribution in [2.24, 2.45) is 17.4 Å². The molecule has 42 heteroatoms. The minimum Gasteiger partial charge on any atom is -0.503 e. The molecular formula is C50H48N10O32. The second-order valence-electron chi connectivity index (χ2n) is 21.1. The molecule has 10 rings (SSSR count). The number of carbonyl (C=O) groups excluding carboxylic acids is 6. The monoisotopic (exact) mass is 1300 g/mol. The third-order valence-corrected chi connectivity index (χ3v) is 15.5. The SMILES string of the molecule is COc1ccc(-n2nc(C(N)=O)c3c2C(=O)N(c2c(O)c(O)c(N4C(=O)C(O)(O)CC(COc5ccc(-n6nc(C(N)=O)c7c6C(=O)N(c6c(O)c(O)c(N8CC(O)(O)C(O)(O)CC8=O)c(O)c6O)C(O)(O)C7(O)O)cc5)C4(O)O)c(O)c2O)C(O)(O)C3(O)O)cc1. The summed E-state index contributed by atoms with van der Waals surface area (Å²) < 4.78 is 11.5. The smallest absolute Gasteiger partial charge is 0.315 e. The Morgan fingerprint density at radius 3 is 1.25 bits per heavy atom. The minimum atomic E-state index is -4.66. The molecule has 4 aromatic carbocycles. The van der Waals surface area contributed by atoms with Gasteiger partial charge in [0.2, 0.25) is 23.3 Å². The molecular weight excluding hydrogens is 1250 g/mol. The van der Waals surface area contributed by atoms with Crippen LogP contribution in [0.15, 0.2) is 48.5 Å². The highest BCUT2D eigenvalue weighted by atomic mass is 16.6. The van der Waals surface area contributed by atoms with Gasteiger partial charge >= 0.3 is 11.8 Å². The van der Waals surface area contributed by atoms with Crippen LogP contribution in [-0.2, 0) is 21.2 Å². The van der Waals surface area contributed by atoms with Crippen LogP contribution in [0.25, 0.3) is 11.4 Å². The normalized spacial score (nSPS) is 20.6. The fraction of sp³-hybridized carbons (Fsp3) is 0.280. The topological polar surface area (TPSA) is 707 Å². The molecule has 2 fully saturated rings. The second kappa shape index (κ2) is 20.2. The average Bonchev–Trinajstić information content (AvgIpc) is 1.33. The second-order valence-corrected chi connectivity index (χ2v) is 21.1. The molecule has 0 bridgehead atoms. The van der Waals surface area contributed by atoms with Crippen molar-refractivity contribution in [3.63, 3.8) is 0 Å². The Bertz CT molecular complexity index is 4150. The lowest BCUT2D eigenvalue weighted by Gasteiger charge is -2.48. The number of ether oxygens (including phenoxy) is 2. The summed E-state index contributed by atoms with van der Waals surface area (Å²) in [5, 5.41) is 275. The van der Waals surface area contributed by atoms with E-state index < -0.39 is 243 Å². The number of phenols is 8. The Hall–Kier alpha value is -10.5. The van der Waals surface area contributed by atoms with Gasteiger partial charge in [0.25, 0.3) is 47.0 Å². The van der Waals surface area contributed by atoms with Gasteiger partial charge in [-0.15, -0.1) is 0 Å². The van der Waals surface area contributed by atoms with E-state index in [2.05, 4.69) is 10.2 Å². The number of rotatable bonds is 12. The zero-order valence-electron chi connectivity index (χ0n) is 45.8. The lowest BCUT2D eigenvalue weighted by Crippen LogP contribution is -2.69. The van der Waals surface area contributed by atoms with Gasteiger partial charge in [-0.25, -0.2) is 24.1 Å².